The van der Waals surface area contributed by atoms with Gasteiger partial charge in [-0.15, -0.1) is 0 Å². The third kappa shape index (κ3) is 3.86. The third-order valence-electron chi connectivity index (χ3n) is 3.74. The average molecular weight is 366 g/mol. The molecule has 0 spiro atoms. The molecule has 27 heavy (non-hydrogen) atoms. The molecule has 0 amide bonds. The second-order valence-corrected chi connectivity index (χ2v) is 5.61. The smallest absolute Gasteiger partial charge is 0.171 e. The lowest BCUT2D eigenvalue weighted by Crippen LogP contribution is -1.98. The number of hydrogen-bond acceptors (Lipinski definition) is 4. The molecular formula is C21H12F2N2O2. The molecule has 0 aliphatic rings. The molecule has 132 valence electrons. The molecule has 0 unspecified atom stereocenters. The lowest BCUT2D eigenvalue weighted by Gasteiger charge is -2.13. The Bertz CT molecular complexity index is 1010. The van der Waals surface area contributed by atoms with Crippen molar-refractivity contribution in [1.29, 1.82) is 10.5 Å². The van der Waals surface area contributed by atoms with Gasteiger partial charge in [-0.2, -0.15) is 10.5 Å². The molecule has 3 aromatic carbocycles. The normalized spacial score (nSPS) is 9.96. The molecule has 0 fully saturated rings. The van der Waals surface area contributed by atoms with Crippen molar-refractivity contribution in [2.24, 2.45) is 0 Å². The van der Waals surface area contributed by atoms with Crippen LogP contribution in [0.4, 0.5) is 8.78 Å². The summed E-state index contributed by atoms with van der Waals surface area (Å²) in [6.45, 7) is 1.27. The Morgan fingerprint density at radius 2 is 1.19 bits per heavy atom. The van der Waals surface area contributed by atoms with Gasteiger partial charge >= 0.3 is 0 Å². The van der Waals surface area contributed by atoms with Crippen molar-refractivity contribution < 1.29 is 18.3 Å². The minimum atomic E-state index is -0.868. The lowest BCUT2D eigenvalue weighted by molar-refractivity contribution is 0.404. The highest BCUT2D eigenvalue weighted by Crippen LogP contribution is 2.36. The maximum atomic E-state index is 14.4. The highest BCUT2D eigenvalue weighted by molar-refractivity contribution is 5.47. The molecule has 4 nitrogen and oxygen atoms in total. The van der Waals surface area contributed by atoms with Crippen molar-refractivity contribution >= 4 is 0 Å². The summed E-state index contributed by atoms with van der Waals surface area (Å²) >= 11 is 0. The summed E-state index contributed by atoms with van der Waals surface area (Å²) in [7, 11) is 0. The minimum Gasteiger partial charge on any atom is -0.454 e. The van der Waals surface area contributed by atoms with Crippen molar-refractivity contribution in [1.82, 2.24) is 0 Å². The summed E-state index contributed by atoms with van der Waals surface area (Å²) < 4.78 is 39.9. The minimum absolute atomic E-state index is 0.233. The Hall–Kier alpha value is -3.90. The average Bonchev–Trinajstić information content (AvgIpc) is 2.70. The largest absolute Gasteiger partial charge is 0.454 e. The number of halogens is 2. The molecule has 0 radical (unpaired) electrons. The number of rotatable bonds is 4. The summed E-state index contributed by atoms with van der Waals surface area (Å²) in [4.78, 5) is 0. The van der Waals surface area contributed by atoms with Gasteiger partial charge in [-0.25, -0.2) is 8.78 Å². The van der Waals surface area contributed by atoms with E-state index in [1.807, 2.05) is 12.1 Å². The first-order valence-electron chi connectivity index (χ1n) is 7.86. The van der Waals surface area contributed by atoms with Gasteiger partial charge in [0.25, 0.3) is 0 Å². The van der Waals surface area contributed by atoms with Crippen LogP contribution in [0.1, 0.15) is 16.7 Å². The van der Waals surface area contributed by atoms with Crippen LogP contribution >= 0.6 is 0 Å². The number of nitrogens with zero attached hydrogens (tertiary/aromatic N) is 2. The summed E-state index contributed by atoms with van der Waals surface area (Å²) in [5.41, 5.74) is 0.420. The van der Waals surface area contributed by atoms with Crippen LogP contribution < -0.4 is 9.47 Å². The lowest BCUT2D eigenvalue weighted by atomic mass is 10.2. The summed E-state index contributed by atoms with van der Waals surface area (Å²) in [6, 6.07) is 17.3. The Morgan fingerprint density at radius 1 is 0.741 bits per heavy atom. The van der Waals surface area contributed by atoms with Crippen LogP contribution in [0.5, 0.6) is 23.0 Å². The molecule has 0 atom stereocenters. The highest BCUT2D eigenvalue weighted by Gasteiger charge is 2.19. The first-order chi connectivity index (χ1) is 13.0. The van der Waals surface area contributed by atoms with Crippen LogP contribution in [-0.2, 0) is 0 Å². The molecule has 0 aliphatic heterocycles. The van der Waals surface area contributed by atoms with E-state index >= 15 is 0 Å². The van der Waals surface area contributed by atoms with E-state index in [2.05, 4.69) is 0 Å². The zero-order valence-corrected chi connectivity index (χ0v) is 14.2. The molecule has 0 saturated carbocycles. The topological polar surface area (TPSA) is 66.0 Å². The standard InChI is InChI=1S/C21H12F2N2O2/c1-13-20(22)18(26-16-6-2-4-14(8-16)11-24)10-19(21(13)23)27-17-7-3-5-15(9-17)12-25/h2-10H,1H3/i11+1,12+1,24+1,25+1. The summed E-state index contributed by atoms with van der Waals surface area (Å²) in [6.07, 6.45) is 0. The fraction of sp³-hybridized carbons (Fsp3) is 0.0476. The van der Waals surface area contributed by atoms with Crippen molar-refractivity contribution in [3.05, 3.63) is 82.9 Å². The van der Waals surface area contributed by atoms with Crippen molar-refractivity contribution in [3.63, 3.8) is 0 Å². The quantitative estimate of drug-likeness (QED) is 0.445. The molecular weight excluding hydrogens is 354 g/mol. The van der Waals surface area contributed by atoms with Gasteiger partial charge in [-0.1, -0.05) is 12.1 Å². The number of benzene rings is 3. The van der Waals surface area contributed by atoms with Crippen LogP contribution in [0, 0.1) is 41.2 Å². The van der Waals surface area contributed by atoms with Gasteiger partial charge in [0.1, 0.15) is 11.5 Å². The van der Waals surface area contributed by atoms with E-state index in [9.17, 15) is 8.78 Å². The Balaban J connectivity index is 1.98. The first kappa shape index (κ1) is 17.9. The molecule has 6 heteroatoms. The molecule has 0 bridgehead atoms. The van der Waals surface area contributed by atoms with E-state index in [-0.39, 0.29) is 28.6 Å². The van der Waals surface area contributed by atoms with Crippen LogP contribution in [0.15, 0.2) is 54.6 Å². The zero-order chi connectivity index (χ0) is 19.4. The van der Waals surface area contributed by atoms with Gasteiger partial charge in [0.05, 0.1) is 23.3 Å². The second kappa shape index (κ2) is 7.55. The fourth-order valence-corrected chi connectivity index (χ4v) is 2.37. The maximum Gasteiger partial charge on any atom is 0.171 e. The van der Waals surface area contributed by atoms with Gasteiger partial charge in [-0.3, -0.25) is 0 Å². The molecule has 0 saturated heterocycles. The number of ether oxygens (including phenoxy) is 2. The number of nitriles is 2. The highest BCUT2D eigenvalue weighted by atomic mass is 19.1. The molecule has 3 aromatic rings. The van der Waals surface area contributed by atoms with Crippen molar-refractivity contribution in [2.75, 3.05) is 0 Å². The van der Waals surface area contributed by atoms with E-state index in [1.165, 1.54) is 19.1 Å². The third-order valence-corrected chi connectivity index (χ3v) is 3.74. The first-order valence-corrected chi connectivity index (χ1v) is 7.86. The maximum absolute atomic E-state index is 14.4. The van der Waals surface area contributed by atoms with Gasteiger partial charge in [0.2, 0.25) is 0 Å². The Morgan fingerprint density at radius 3 is 1.59 bits per heavy atom. The van der Waals surface area contributed by atoms with Crippen LogP contribution in [-0.4, -0.2) is 0 Å². The van der Waals surface area contributed by atoms with Gasteiger partial charge < -0.3 is 9.47 Å². The molecule has 0 aliphatic carbocycles. The monoisotopic (exact) mass is 366 g/mol. The number of hydrogen-bond donors (Lipinski definition) is 0. The van der Waals surface area contributed by atoms with E-state index in [0.717, 1.165) is 6.07 Å². The van der Waals surface area contributed by atoms with Crippen molar-refractivity contribution in [3.8, 4) is 35.1 Å². The SMILES string of the molecule is Cc1c(F)c(Oc2cccc([13C]#[15N])c2)cc(Oc2cccc([13C]#[15N])c2)c1F. The zero-order valence-electron chi connectivity index (χ0n) is 14.2. The van der Waals surface area contributed by atoms with Crippen LogP contribution in [0.3, 0.4) is 0 Å². The Labute approximate surface area is 154 Å². The van der Waals surface area contributed by atoms with E-state index in [1.54, 1.807) is 36.4 Å². The van der Waals surface area contributed by atoms with Crippen LogP contribution in [0.25, 0.3) is 0 Å². The molecule has 0 heterocycles. The van der Waals surface area contributed by atoms with E-state index in [0.29, 0.717) is 11.1 Å². The van der Waals surface area contributed by atoms with Crippen molar-refractivity contribution in [2.45, 2.75) is 6.92 Å². The van der Waals surface area contributed by atoms with E-state index < -0.39 is 11.6 Å². The molecule has 3 rings (SSSR count). The van der Waals surface area contributed by atoms with Gasteiger partial charge in [0, 0.05) is 11.6 Å². The molecule has 0 N–H and O–H groups in total. The predicted octanol–water partition coefficient (Wildman–Crippen LogP) is 5.60. The second-order valence-electron chi connectivity index (χ2n) is 5.61. The summed E-state index contributed by atoms with van der Waals surface area (Å²) in [5, 5.41) is 17.9. The van der Waals surface area contributed by atoms with Gasteiger partial charge in [-0.05, 0) is 43.3 Å². The predicted molar refractivity (Wildman–Crippen MR) is 93.6 cm³/mol. The fourth-order valence-electron chi connectivity index (χ4n) is 2.37. The molecule has 0 aromatic heterocycles. The summed E-state index contributed by atoms with van der Waals surface area (Å²) in [5.74, 6) is -1.75. The van der Waals surface area contributed by atoms with E-state index in [4.69, 9.17) is 20.0 Å². The van der Waals surface area contributed by atoms with Gasteiger partial charge in [0.15, 0.2) is 23.1 Å². The van der Waals surface area contributed by atoms with Crippen LogP contribution in [0.2, 0.25) is 0 Å². The Kier molecular flexibility index (Phi) is 5.01.